The maximum absolute atomic E-state index is 13.5. The number of hydrogen-bond acceptors (Lipinski definition) is 8. The van der Waals surface area contributed by atoms with Gasteiger partial charge in [0.25, 0.3) is 5.89 Å². The van der Waals surface area contributed by atoms with Crippen molar-refractivity contribution in [2.24, 2.45) is 7.05 Å². The Morgan fingerprint density at radius 2 is 2.09 bits per heavy atom. The summed E-state index contributed by atoms with van der Waals surface area (Å²) in [5, 5.41) is 13.3. The number of nitrogens with one attached hydrogen (secondary N) is 1. The first-order chi connectivity index (χ1) is 16.1. The zero-order chi connectivity index (χ0) is 22.5. The van der Waals surface area contributed by atoms with Crippen LogP contribution in [0.1, 0.15) is 39.6 Å². The number of para-hydroxylation sites is 1. The molecule has 0 saturated heterocycles. The SMILES string of the molecule is Cc1nn(C)cc1-c1nnc(C(=O)N2CCc3[nH]cnc3[C@H]2c2ncc3ccccc3n2)o1. The first-order valence-corrected chi connectivity index (χ1v) is 10.5. The fourth-order valence-corrected chi connectivity index (χ4v) is 4.23. The molecule has 0 bridgehead atoms. The molecule has 1 aliphatic heterocycles. The molecule has 164 valence electrons. The molecule has 1 N–H and O–H groups in total. The van der Waals surface area contributed by atoms with Crippen molar-refractivity contribution in [3.8, 4) is 11.5 Å². The van der Waals surface area contributed by atoms with E-state index in [2.05, 4.69) is 30.2 Å². The van der Waals surface area contributed by atoms with Crippen LogP contribution in [0.5, 0.6) is 0 Å². The van der Waals surface area contributed by atoms with Gasteiger partial charge in [-0.1, -0.05) is 18.2 Å². The Labute approximate surface area is 187 Å². The third kappa shape index (κ3) is 3.16. The lowest BCUT2D eigenvalue weighted by atomic mass is 10.0. The molecule has 5 heterocycles. The predicted molar refractivity (Wildman–Crippen MR) is 116 cm³/mol. The number of rotatable bonds is 3. The van der Waals surface area contributed by atoms with Crippen molar-refractivity contribution < 1.29 is 9.21 Å². The fourth-order valence-electron chi connectivity index (χ4n) is 4.23. The van der Waals surface area contributed by atoms with Gasteiger partial charge in [0.2, 0.25) is 0 Å². The van der Waals surface area contributed by atoms with Crippen LogP contribution in [0, 0.1) is 6.92 Å². The molecule has 11 heteroatoms. The van der Waals surface area contributed by atoms with Gasteiger partial charge >= 0.3 is 11.8 Å². The second-order valence-electron chi connectivity index (χ2n) is 7.92. The van der Waals surface area contributed by atoms with Gasteiger partial charge in [0.1, 0.15) is 6.04 Å². The van der Waals surface area contributed by atoms with E-state index in [0.29, 0.717) is 30.0 Å². The zero-order valence-electron chi connectivity index (χ0n) is 17.9. The van der Waals surface area contributed by atoms with E-state index in [4.69, 9.17) is 9.40 Å². The smallest absolute Gasteiger partial charge is 0.312 e. The number of carbonyl (C=O) groups is 1. The van der Waals surface area contributed by atoms with Crippen molar-refractivity contribution in [2.45, 2.75) is 19.4 Å². The molecule has 0 fully saturated rings. The molecular formula is C22H19N9O2. The van der Waals surface area contributed by atoms with Gasteiger partial charge in [-0.3, -0.25) is 9.48 Å². The van der Waals surface area contributed by atoms with Crippen molar-refractivity contribution in [3.05, 3.63) is 71.8 Å². The molecule has 11 nitrogen and oxygen atoms in total. The van der Waals surface area contributed by atoms with Crippen LogP contribution in [0.15, 0.2) is 47.4 Å². The average Bonchev–Trinajstić information content (AvgIpc) is 3.57. The van der Waals surface area contributed by atoms with Gasteiger partial charge in [0.15, 0.2) is 5.82 Å². The van der Waals surface area contributed by atoms with E-state index < -0.39 is 11.9 Å². The van der Waals surface area contributed by atoms with Gasteiger partial charge in [-0.05, 0) is 13.0 Å². The Kier molecular flexibility index (Phi) is 4.28. The molecule has 0 spiro atoms. The first-order valence-electron chi connectivity index (χ1n) is 10.5. The Morgan fingerprint density at radius 1 is 1.21 bits per heavy atom. The molecule has 0 aliphatic carbocycles. The maximum atomic E-state index is 13.5. The van der Waals surface area contributed by atoms with Gasteiger partial charge in [-0.15, -0.1) is 10.2 Å². The Balaban J connectivity index is 1.40. The van der Waals surface area contributed by atoms with Crippen molar-refractivity contribution >= 4 is 16.8 Å². The molecule has 4 aromatic heterocycles. The highest BCUT2D eigenvalue weighted by molar-refractivity contribution is 5.90. The number of aryl methyl sites for hydroxylation is 2. The summed E-state index contributed by atoms with van der Waals surface area (Å²) in [7, 11) is 1.81. The Hall–Kier alpha value is -4.41. The van der Waals surface area contributed by atoms with Gasteiger partial charge in [-0.25, -0.2) is 15.0 Å². The third-order valence-electron chi connectivity index (χ3n) is 5.79. The van der Waals surface area contributed by atoms with Gasteiger partial charge in [0.05, 0.1) is 28.8 Å². The molecule has 33 heavy (non-hydrogen) atoms. The van der Waals surface area contributed by atoms with E-state index in [9.17, 15) is 4.79 Å². The van der Waals surface area contributed by atoms with Crippen LogP contribution < -0.4 is 0 Å². The minimum atomic E-state index is -0.576. The first kappa shape index (κ1) is 19.3. The second kappa shape index (κ2) is 7.33. The summed E-state index contributed by atoms with van der Waals surface area (Å²) in [6.45, 7) is 2.27. The minimum absolute atomic E-state index is 0.0990. The number of fused-ring (bicyclic) bond motifs is 2. The summed E-state index contributed by atoms with van der Waals surface area (Å²) in [6.07, 6.45) is 5.79. The van der Waals surface area contributed by atoms with E-state index in [1.807, 2.05) is 38.2 Å². The lowest BCUT2D eigenvalue weighted by Crippen LogP contribution is -2.41. The van der Waals surface area contributed by atoms with Crippen LogP contribution in [0.3, 0.4) is 0 Å². The molecule has 1 atom stereocenters. The standard InChI is InChI=1S/C22H19N9O2/c1-12-14(10-30(2)29-12)20-27-28-21(33-20)22(32)31-8-7-16-17(25-11-24-16)18(31)19-23-9-13-5-3-4-6-15(13)26-19/h3-6,9-11,18H,7-8H2,1-2H3,(H,24,25)/t18-/m0/s1. The number of H-pyrrole nitrogens is 1. The fraction of sp³-hybridized carbons (Fsp3) is 0.227. The summed E-state index contributed by atoms with van der Waals surface area (Å²) < 4.78 is 7.43. The predicted octanol–water partition coefficient (Wildman–Crippen LogP) is 2.23. The van der Waals surface area contributed by atoms with Crippen LogP contribution in [0.2, 0.25) is 0 Å². The van der Waals surface area contributed by atoms with Crippen molar-refractivity contribution in [1.29, 1.82) is 0 Å². The summed E-state index contributed by atoms with van der Waals surface area (Å²) in [5.41, 5.74) is 3.89. The number of benzene rings is 1. The van der Waals surface area contributed by atoms with E-state index >= 15 is 0 Å². The summed E-state index contributed by atoms with van der Waals surface area (Å²) >= 11 is 0. The number of aromatic amines is 1. The van der Waals surface area contributed by atoms with E-state index in [1.54, 1.807) is 28.3 Å². The lowest BCUT2D eigenvalue weighted by Gasteiger charge is -2.32. The van der Waals surface area contributed by atoms with Crippen LogP contribution >= 0.6 is 0 Å². The van der Waals surface area contributed by atoms with E-state index in [1.165, 1.54) is 0 Å². The number of aromatic nitrogens is 8. The molecule has 1 aliphatic rings. The van der Waals surface area contributed by atoms with Crippen LogP contribution in [-0.4, -0.2) is 57.3 Å². The highest BCUT2D eigenvalue weighted by Crippen LogP contribution is 2.33. The Morgan fingerprint density at radius 3 is 2.94 bits per heavy atom. The van der Waals surface area contributed by atoms with Crippen molar-refractivity contribution in [3.63, 3.8) is 0 Å². The van der Waals surface area contributed by atoms with Crippen molar-refractivity contribution in [2.75, 3.05) is 6.54 Å². The van der Waals surface area contributed by atoms with Crippen LogP contribution in [0.4, 0.5) is 0 Å². The molecule has 0 unspecified atom stereocenters. The minimum Gasteiger partial charge on any atom is -0.412 e. The molecular weight excluding hydrogens is 422 g/mol. The normalized spacial score (nSPS) is 15.7. The number of carbonyl (C=O) groups excluding carboxylic acids is 1. The highest BCUT2D eigenvalue weighted by atomic mass is 16.4. The molecule has 1 amide bonds. The lowest BCUT2D eigenvalue weighted by molar-refractivity contribution is 0.0643. The summed E-state index contributed by atoms with van der Waals surface area (Å²) in [6, 6.07) is 7.14. The number of imidazole rings is 1. The molecule has 1 aromatic carbocycles. The second-order valence-corrected chi connectivity index (χ2v) is 7.92. The topological polar surface area (TPSA) is 132 Å². The van der Waals surface area contributed by atoms with E-state index in [-0.39, 0.29) is 11.8 Å². The number of amides is 1. The summed E-state index contributed by atoms with van der Waals surface area (Å²) in [4.78, 5) is 32.1. The highest BCUT2D eigenvalue weighted by Gasteiger charge is 2.38. The largest absolute Gasteiger partial charge is 0.412 e. The Bertz CT molecular complexity index is 1500. The molecule has 0 saturated carbocycles. The van der Waals surface area contributed by atoms with Crippen LogP contribution in [0.25, 0.3) is 22.4 Å². The van der Waals surface area contributed by atoms with Gasteiger partial charge < -0.3 is 14.3 Å². The molecule has 0 radical (unpaired) electrons. The quantitative estimate of drug-likeness (QED) is 0.451. The van der Waals surface area contributed by atoms with Crippen molar-refractivity contribution in [1.82, 2.24) is 44.8 Å². The number of hydrogen-bond donors (Lipinski definition) is 1. The molecule has 5 aromatic rings. The summed E-state index contributed by atoms with van der Waals surface area (Å²) in [5.74, 6) is 0.238. The molecule has 6 rings (SSSR count). The average molecular weight is 441 g/mol. The monoisotopic (exact) mass is 441 g/mol. The third-order valence-corrected chi connectivity index (χ3v) is 5.79. The maximum Gasteiger partial charge on any atom is 0.312 e. The zero-order valence-corrected chi connectivity index (χ0v) is 17.9. The van der Waals surface area contributed by atoms with E-state index in [0.717, 1.165) is 22.3 Å². The van der Waals surface area contributed by atoms with Crippen LogP contribution in [-0.2, 0) is 13.5 Å². The van der Waals surface area contributed by atoms with Gasteiger partial charge in [-0.2, -0.15) is 5.10 Å². The van der Waals surface area contributed by atoms with Gasteiger partial charge in [0, 0.05) is 43.5 Å². The number of nitrogens with zero attached hydrogens (tertiary/aromatic N) is 8.